The molecule has 0 spiro atoms. The molecule has 1 amide bonds. The number of carbonyl (C=O) groups excluding carboxylic acids is 1. The number of alkyl halides is 3. The van der Waals surface area contributed by atoms with E-state index in [0.29, 0.717) is 6.42 Å². The Hall–Kier alpha value is -2.83. The van der Waals surface area contributed by atoms with Gasteiger partial charge in [-0.15, -0.1) is 0 Å². The average Bonchev–Trinajstić information content (AvgIpc) is 2.87. The van der Waals surface area contributed by atoms with Gasteiger partial charge in [-0.3, -0.25) is 4.79 Å². The molecule has 2 aromatic heterocycles. The van der Waals surface area contributed by atoms with Crippen LogP contribution in [0.25, 0.3) is 5.65 Å². The fourth-order valence-electron chi connectivity index (χ4n) is 2.69. The van der Waals surface area contributed by atoms with E-state index in [-0.39, 0.29) is 18.0 Å². The molecule has 0 atom stereocenters. The van der Waals surface area contributed by atoms with Gasteiger partial charge in [-0.05, 0) is 43.7 Å². The molecule has 1 aromatic carbocycles. The second-order valence-corrected chi connectivity index (χ2v) is 5.70. The summed E-state index contributed by atoms with van der Waals surface area (Å²) in [7, 11) is 0. The predicted molar refractivity (Wildman–Crippen MR) is 88.3 cm³/mol. The number of amides is 1. The molecule has 4 nitrogen and oxygen atoms in total. The first-order valence-electron chi connectivity index (χ1n) is 7.74. The zero-order valence-corrected chi connectivity index (χ0v) is 13.5. The first kappa shape index (κ1) is 17.0. The lowest BCUT2D eigenvalue weighted by Gasteiger charge is -2.10. The van der Waals surface area contributed by atoms with Gasteiger partial charge in [0, 0.05) is 24.0 Å². The van der Waals surface area contributed by atoms with Crippen molar-refractivity contribution in [3.63, 3.8) is 0 Å². The molecule has 0 aliphatic rings. The number of pyridine rings is 1. The molecular formula is C18H16F3N3O. The first-order chi connectivity index (χ1) is 11.8. The van der Waals surface area contributed by atoms with Crippen LogP contribution in [0.3, 0.4) is 0 Å². The molecule has 3 aromatic rings. The maximum absolute atomic E-state index is 12.7. The molecule has 0 radical (unpaired) electrons. The number of hydrogen-bond donors (Lipinski definition) is 1. The summed E-state index contributed by atoms with van der Waals surface area (Å²) in [5, 5.41) is 2.52. The molecule has 0 saturated carbocycles. The number of halogens is 3. The Labute approximate surface area is 142 Å². The van der Waals surface area contributed by atoms with Crippen molar-refractivity contribution in [1.82, 2.24) is 9.38 Å². The lowest BCUT2D eigenvalue weighted by Crippen LogP contribution is -2.14. The lowest BCUT2D eigenvalue weighted by molar-refractivity contribution is -0.137. The lowest BCUT2D eigenvalue weighted by atomic mass is 10.1. The maximum Gasteiger partial charge on any atom is 0.416 e. The SMILES string of the molecule is Cc1nc2ccccn2c1CCC(=O)Nc1cccc(C(F)(F)F)c1. The van der Waals surface area contributed by atoms with Crippen molar-refractivity contribution in [2.75, 3.05) is 5.32 Å². The van der Waals surface area contributed by atoms with Crippen LogP contribution in [0.4, 0.5) is 18.9 Å². The van der Waals surface area contributed by atoms with Crippen molar-refractivity contribution >= 4 is 17.2 Å². The van der Waals surface area contributed by atoms with Gasteiger partial charge < -0.3 is 9.72 Å². The Morgan fingerprint density at radius 2 is 2.00 bits per heavy atom. The summed E-state index contributed by atoms with van der Waals surface area (Å²) in [5.41, 5.74) is 1.89. The third-order valence-corrected chi connectivity index (χ3v) is 3.89. The highest BCUT2D eigenvalue weighted by molar-refractivity contribution is 5.90. The van der Waals surface area contributed by atoms with E-state index in [0.717, 1.165) is 29.2 Å². The number of fused-ring (bicyclic) bond motifs is 1. The summed E-state index contributed by atoms with van der Waals surface area (Å²) in [4.78, 5) is 16.5. The van der Waals surface area contributed by atoms with E-state index in [4.69, 9.17) is 0 Å². The number of benzene rings is 1. The Balaban J connectivity index is 1.68. The van der Waals surface area contributed by atoms with Crippen LogP contribution in [0.5, 0.6) is 0 Å². The molecule has 0 unspecified atom stereocenters. The van der Waals surface area contributed by atoms with Crippen molar-refractivity contribution in [3.05, 3.63) is 65.6 Å². The van der Waals surface area contributed by atoms with Crippen molar-refractivity contribution in [2.24, 2.45) is 0 Å². The number of nitrogens with zero attached hydrogens (tertiary/aromatic N) is 2. The van der Waals surface area contributed by atoms with E-state index in [1.807, 2.05) is 35.7 Å². The van der Waals surface area contributed by atoms with Gasteiger partial charge in [-0.2, -0.15) is 13.2 Å². The summed E-state index contributed by atoms with van der Waals surface area (Å²) in [6.45, 7) is 1.87. The van der Waals surface area contributed by atoms with Crippen molar-refractivity contribution in [2.45, 2.75) is 25.9 Å². The predicted octanol–water partition coefficient (Wildman–Crippen LogP) is 4.23. The van der Waals surface area contributed by atoms with Crippen LogP contribution in [0.15, 0.2) is 48.7 Å². The molecule has 0 aliphatic carbocycles. The number of aromatic nitrogens is 2. The number of carbonyl (C=O) groups is 1. The monoisotopic (exact) mass is 347 g/mol. The van der Waals surface area contributed by atoms with E-state index in [9.17, 15) is 18.0 Å². The smallest absolute Gasteiger partial charge is 0.326 e. The van der Waals surface area contributed by atoms with Crippen molar-refractivity contribution < 1.29 is 18.0 Å². The molecule has 25 heavy (non-hydrogen) atoms. The molecule has 0 saturated heterocycles. The van der Waals surface area contributed by atoms with Crippen molar-refractivity contribution in [3.8, 4) is 0 Å². The second kappa shape index (κ2) is 6.58. The average molecular weight is 347 g/mol. The third kappa shape index (κ3) is 3.81. The standard InChI is InChI=1S/C18H16F3N3O/c1-12-15(24-10-3-2-7-16(24)22-12)8-9-17(25)23-14-6-4-5-13(11-14)18(19,20)21/h2-7,10-11H,8-9H2,1H3,(H,23,25). The number of aryl methyl sites for hydroxylation is 2. The normalized spacial score (nSPS) is 11.7. The highest BCUT2D eigenvalue weighted by Gasteiger charge is 2.30. The Morgan fingerprint density at radius 1 is 1.20 bits per heavy atom. The fourth-order valence-corrected chi connectivity index (χ4v) is 2.69. The van der Waals surface area contributed by atoms with Crippen molar-refractivity contribution in [1.29, 1.82) is 0 Å². The van der Waals surface area contributed by atoms with Gasteiger partial charge in [0.1, 0.15) is 5.65 Å². The number of nitrogens with one attached hydrogen (secondary N) is 1. The molecule has 130 valence electrons. The summed E-state index contributed by atoms with van der Waals surface area (Å²) in [6.07, 6.45) is -1.97. The minimum atomic E-state index is -4.44. The molecular weight excluding hydrogens is 331 g/mol. The maximum atomic E-state index is 12.7. The summed E-state index contributed by atoms with van der Waals surface area (Å²) in [6, 6.07) is 10.2. The van der Waals surface area contributed by atoms with Gasteiger partial charge in [0.25, 0.3) is 0 Å². The topological polar surface area (TPSA) is 46.4 Å². The largest absolute Gasteiger partial charge is 0.416 e. The summed E-state index contributed by atoms with van der Waals surface area (Å²) in [5.74, 6) is -0.343. The molecule has 7 heteroatoms. The number of rotatable bonds is 4. The minimum absolute atomic E-state index is 0.134. The third-order valence-electron chi connectivity index (χ3n) is 3.89. The van der Waals surface area contributed by atoms with Gasteiger partial charge in [0.05, 0.1) is 11.3 Å². The second-order valence-electron chi connectivity index (χ2n) is 5.70. The van der Waals surface area contributed by atoms with Gasteiger partial charge in [-0.1, -0.05) is 12.1 Å². The van der Waals surface area contributed by atoms with Gasteiger partial charge in [0.2, 0.25) is 5.91 Å². The zero-order chi connectivity index (χ0) is 18.0. The van der Waals surface area contributed by atoms with Gasteiger partial charge in [0.15, 0.2) is 0 Å². The van der Waals surface area contributed by atoms with E-state index in [2.05, 4.69) is 10.3 Å². The van der Waals surface area contributed by atoms with Crippen LogP contribution in [0.1, 0.15) is 23.4 Å². The van der Waals surface area contributed by atoms with Crippen LogP contribution < -0.4 is 5.32 Å². The number of anilines is 1. The molecule has 0 bridgehead atoms. The molecule has 2 heterocycles. The Bertz CT molecular complexity index is 915. The molecule has 0 aliphatic heterocycles. The summed E-state index contributed by atoms with van der Waals surface area (Å²) >= 11 is 0. The van der Waals surface area contributed by atoms with Crippen LogP contribution in [-0.2, 0) is 17.4 Å². The number of imidazole rings is 1. The van der Waals surface area contributed by atoms with Gasteiger partial charge in [-0.25, -0.2) is 4.98 Å². The first-order valence-corrected chi connectivity index (χ1v) is 7.74. The Kier molecular flexibility index (Phi) is 4.48. The quantitative estimate of drug-likeness (QED) is 0.768. The van der Waals surface area contributed by atoms with E-state index >= 15 is 0 Å². The highest BCUT2D eigenvalue weighted by atomic mass is 19.4. The fraction of sp³-hybridized carbons (Fsp3) is 0.222. The zero-order valence-electron chi connectivity index (χ0n) is 13.5. The van der Waals surface area contributed by atoms with E-state index < -0.39 is 11.7 Å². The van der Waals surface area contributed by atoms with Crippen LogP contribution in [0, 0.1) is 6.92 Å². The molecule has 1 N–H and O–H groups in total. The number of hydrogen-bond acceptors (Lipinski definition) is 2. The van der Waals surface area contributed by atoms with Gasteiger partial charge >= 0.3 is 6.18 Å². The van der Waals surface area contributed by atoms with Crippen LogP contribution in [-0.4, -0.2) is 15.3 Å². The Morgan fingerprint density at radius 3 is 2.76 bits per heavy atom. The minimum Gasteiger partial charge on any atom is -0.326 e. The van der Waals surface area contributed by atoms with Crippen LogP contribution in [0.2, 0.25) is 0 Å². The molecule has 3 rings (SSSR count). The molecule has 0 fully saturated rings. The van der Waals surface area contributed by atoms with Crippen LogP contribution >= 0.6 is 0 Å². The van der Waals surface area contributed by atoms with E-state index in [1.165, 1.54) is 12.1 Å². The highest BCUT2D eigenvalue weighted by Crippen LogP contribution is 2.30. The summed E-state index contributed by atoms with van der Waals surface area (Å²) < 4.78 is 40.0. The van der Waals surface area contributed by atoms with E-state index in [1.54, 1.807) is 0 Å².